The SMILES string of the molecule is Cc1ccccc1[C@@H]1CCCN1C1CC2(CCN(c3ccc(C(N)=O)c(S(=O)(=O)c4cc5c(c([N+](=O)[O-])c4)N[C@@H](CN4CCOCC4)CO5)c3)CC2)C1. The molecule has 8 rings (SSSR count). The fraction of sp³-hybridized carbons (Fsp3) is 0.513. The molecule has 282 valence electrons. The first-order chi connectivity index (χ1) is 25.5. The van der Waals surface area contributed by atoms with Gasteiger partial charge in [0.05, 0.1) is 39.5 Å². The lowest BCUT2D eigenvalue weighted by molar-refractivity contribution is -0.384. The quantitative estimate of drug-likeness (QED) is 0.226. The fourth-order valence-corrected chi connectivity index (χ4v) is 10.9. The van der Waals surface area contributed by atoms with E-state index in [2.05, 4.69) is 51.2 Å². The summed E-state index contributed by atoms with van der Waals surface area (Å²) in [4.78, 5) is 30.8. The van der Waals surface area contributed by atoms with Crippen LogP contribution < -0.4 is 20.7 Å². The van der Waals surface area contributed by atoms with Gasteiger partial charge in [-0.05, 0) is 86.7 Å². The Bertz CT molecular complexity index is 2000. The maximum atomic E-state index is 14.3. The largest absolute Gasteiger partial charge is 0.489 e. The van der Waals surface area contributed by atoms with E-state index in [-0.39, 0.29) is 44.9 Å². The minimum atomic E-state index is -4.43. The summed E-state index contributed by atoms with van der Waals surface area (Å²) in [5.41, 5.74) is 9.03. The van der Waals surface area contributed by atoms with Gasteiger partial charge in [0.25, 0.3) is 5.69 Å². The minimum Gasteiger partial charge on any atom is -0.489 e. The molecule has 53 heavy (non-hydrogen) atoms. The summed E-state index contributed by atoms with van der Waals surface area (Å²) in [6.07, 6.45) is 6.77. The highest BCUT2D eigenvalue weighted by Crippen LogP contribution is 2.54. The monoisotopic (exact) mass is 744 g/mol. The number of aryl methyl sites for hydroxylation is 1. The van der Waals surface area contributed by atoms with Crippen LogP contribution in [0.5, 0.6) is 5.75 Å². The zero-order chi connectivity index (χ0) is 36.9. The Balaban J connectivity index is 0.986. The fourth-order valence-electron chi connectivity index (χ4n) is 9.37. The molecule has 2 atom stereocenters. The third-order valence-corrected chi connectivity index (χ3v) is 14.1. The molecular weight excluding hydrogens is 697 g/mol. The number of nitrogens with two attached hydrogens (primary N) is 1. The summed E-state index contributed by atoms with van der Waals surface area (Å²) < 4.78 is 40.0. The molecule has 4 heterocycles. The highest BCUT2D eigenvalue weighted by atomic mass is 32.2. The van der Waals surface area contributed by atoms with Crippen LogP contribution in [-0.4, -0.2) is 100 Å². The van der Waals surface area contributed by atoms with Crippen molar-refractivity contribution in [1.29, 1.82) is 0 Å². The van der Waals surface area contributed by atoms with E-state index in [0.29, 0.717) is 37.5 Å². The smallest absolute Gasteiger partial charge is 0.297 e. The van der Waals surface area contributed by atoms with Crippen LogP contribution in [0.1, 0.15) is 66.1 Å². The lowest BCUT2D eigenvalue weighted by atomic mass is 9.59. The lowest BCUT2D eigenvalue weighted by Crippen LogP contribution is -2.54. The molecule has 1 aliphatic carbocycles. The number of nitro groups is 1. The summed E-state index contributed by atoms with van der Waals surface area (Å²) in [5.74, 6) is -0.817. The van der Waals surface area contributed by atoms with Crippen LogP contribution in [0.3, 0.4) is 0 Å². The second-order valence-electron chi connectivity index (χ2n) is 15.5. The number of ether oxygens (including phenoxy) is 2. The van der Waals surface area contributed by atoms with E-state index in [4.69, 9.17) is 15.2 Å². The number of nitro benzene ring substituents is 1. The van der Waals surface area contributed by atoms with E-state index < -0.39 is 26.4 Å². The summed E-state index contributed by atoms with van der Waals surface area (Å²) in [6, 6.07) is 16.6. The molecule has 1 spiro atoms. The summed E-state index contributed by atoms with van der Waals surface area (Å²) in [7, 11) is -4.43. The molecule has 1 saturated carbocycles. The van der Waals surface area contributed by atoms with E-state index in [0.717, 1.165) is 51.6 Å². The summed E-state index contributed by atoms with van der Waals surface area (Å²) >= 11 is 0. The number of sulfone groups is 1. The topological polar surface area (TPSA) is 161 Å². The van der Waals surface area contributed by atoms with E-state index in [1.54, 1.807) is 6.07 Å². The number of primary amides is 1. The molecule has 4 fully saturated rings. The molecule has 3 aromatic carbocycles. The molecule has 13 nitrogen and oxygen atoms in total. The van der Waals surface area contributed by atoms with Crippen molar-refractivity contribution in [2.24, 2.45) is 11.1 Å². The van der Waals surface area contributed by atoms with Gasteiger partial charge in [0, 0.05) is 62.6 Å². The number of fused-ring (bicyclic) bond motifs is 1. The van der Waals surface area contributed by atoms with Crippen molar-refractivity contribution in [2.45, 2.75) is 73.4 Å². The second-order valence-corrected chi connectivity index (χ2v) is 17.4. The first-order valence-electron chi connectivity index (χ1n) is 18.8. The maximum Gasteiger partial charge on any atom is 0.297 e. The first-order valence-corrected chi connectivity index (χ1v) is 20.3. The number of rotatable bonds is 9. The number of carbonyl (C=O) groups excluding carboxylic acids is 1. The van der Waals surface area contributed by atoms with Crippen LogP contribution in [0.25, 0.3) is 0 Å². The Kier molecular flexibility index (Phi) is 9.58. The second kappa shape index (κ2) is 14.2. The van der Waals surface area contributed by atoms with Crippen LogP contribution in [0, 0.1) is 22.5 Å². The Hall–Kier alpha value is -4.24. The van der Waals surface area contributed by atoms with E-state index in [9.17, 15) is 23.3 Å². The van der Waals surface area contributed by atoms with Crippen molar-refractivity contribution in [3.8, 4) is 5.75 Å². The van der Waals surface area contributed by atoms with Gasteiger partial charge >= 0.3 is 0 Å². The number of benzene rings is 3. The van der Waals surface area contributed by atoms with Crippen LogP contribution in [0.15, 0.2) is 64.4 Å². The highest BCUT2D eigenvalue weighted by molar-refractivity contribution is 7.91. The molecule has 4 aliphatic heterocycles. The lowest BCUT2D eigenvalue weighted by Gasteiger charge is -2.56. The van der Waals surface area contributed by atoms with Gasteiger partial charge in [-0.25, -0.2) is 8.42 Å². The standard InChI is InChI=1S/C39H48N6O7S/c1-26-5-2-3-6-31(26)33-7-4-12-44(33)29-22-39(23-29)10-13-43(14-11-39)28-8-9-32(38(40)46)36(19-28)53(49,50)30-20-34(45(47)48)37-35(21-30)52-25-27(41-37)24-42-15-17-51-18-16-42/h2-3,5-6,8-9,19-21,27,29,33,41H,4,7,10-18,22-25H2,1H3,(H2,40,46)/t27-,33-/m0/s1. The molecule has 0 aromatic heterocycles. The van der Waals surface area contributed by atoms with Gasteiger partial charge in [-0.15, -0.1) is 0 Å². The van der Waals surface area contributed by atoms with Gasteiger partial charge in [0.1, 0.15) is 6.61 Å². The number of carbonyl (C=O) groups is 1. The number of morpholine rings is 1. The number of hydrogen-bond acceptors (Lipinski definition) is 11. The third kappa shape index (κ3) is 6.86. The van der Waals surface area contributed by atoms with Gasteiger partial charge in [-0.2, -0.15) is 0 Å². The molecule has 0 unspecified atom stereocenters. The number of amides is 1. The van der Waals surface area contributed by atoms with Crippen LogP contribution in [-0.2, 0) is 14.6 Å². The third-order valence-electron chi connectivity index (χ3n) is 12.3. The molecule has 0 bridgehead atoms. The maximum absolute atomic E-state index is 14.3. The number of likely N-dealkylation sites (tertiary alicyclic amines) is 1. The Labute approximate surface area is 310 Å². The normalized spacial score (nSPS) is 23.5. The molecule has 1 amide bonds. The van der Waals surface area contributed by atoms with Gasteiger partial charge in [0.2, 0.25) is 15.7 Å². The molecule has 3 saturated heterocycles. The number of piperidine rings is 1. The van der Waals surface area contributed by atoms with Gasteiger partial charge in [-0.1, -0.05) is 24.3 Å². The van der Waals surface area contributed by atoms with Gasteiger partial charge in [0.15, 0.2) is 11.4 Å². The highest BCUT2D eigenvalue weighted by Gasteiger charge is 2.50. The minimum absolute atomic E-state index is 0.0760. The Morgan fingerprint density at radius 2 is 1.79 bits per heavy atom. The van der Waals surface area contributed by atoms with Crippen LogP contribution in [0.2, 0.25) is 0 Å². The zero-order valence-electron chi connectivity index (χ0n) is 30.2. The number of anilines is 2. The molecule has 3 N–H and O–H groups in total. The van der Waals surface area contributed by atoms with Crippen molar-refractivity contribution in [3.63, 3.8) is 0 Å². The zero-order valence-corrected chi connectivity index (χ0v) is 31.0. The van der Waals surface area contributed by atoms with Crippen molar-refractivity contribution in [2.75, 3.05) is 69.3 Å². The predicted octanol–water partition coefficient (Wildman–Crippen LogP) is 4.93. The number of nitrogens with one attached hydrogen (secondary N) is 1. The van der Waals surface area contributed by atoms with Crippen molar-refractivity contribution >= 4 is 32.8 Å². The Morgan fingerprint density at radius 3 is 2.51 bits per heavy atom. The average molecular weight is 745 g/mol. The van der Waals surface area contributed by atoms with Crippen molar-refractivity contribution in [3.05, 3.63) is 81.4 Å². The first kappa shape index (κ1) is 35.8. The van der Waals surface area contributed by atoms with E-state index in [1.807, 2.05) is 0 Å². The molecular formula is C39H48N6O7S. The summed E-state index contributed by atoms with van der Waals surface area (Å²) in [5, 5.41) is 15.5. The van der Waals surface area contributed by atoms with Crippen LogP contribution >= 0.6 is 0 Å². The number of nitrogens with zero attached hydrogens (tertiary/aromatic N) is 4. The van der Waals surface area contributed by atoms with E-state index >= 15 is 0 Å². The average Bonchev–Trinajstić information content (AvgIpc) is 3.63. The Morgan fingerprint density at radius 1 is 1.04 bits per heavy atom. The van der Waals surface area contributed by atoms with Crippen molar-refractivity contribution in [1.82, 2.24) is 9.80 Å². The molecule has 14 heteroatoms. The molecule has 5 aliphatic rings. The van der Waals surface area contributed by atoms with Crippen molar-refractivity contribution < 1.29 is 27.6 Å². The number of hydrogen-bond donors (Lipinski definition) is 2. The van der Waals surface area contributed by atoms with Gasteiger partial charge in [-0.3, -0.25) is 24.7 Å². The van der Waals surface area contributed by atoms with Gasteiger partial charge < -0.3 is 25.4 Å². The molecule has 3 aromatic rings. The predicted molar refractivity (Wildman–Crippen MR) is 200 cm³/mol. The summed E-state index contributed by atoms with van der Waals surface area (Å²) in [6.45, 7) is 8.41. The van der Waals surface area contributed by atoms with E-state index in [1.165, 1.54) is 55.0 Å². The molecule has 0 radical (unpaired) electrons. The van der Waals surface area contributed by atoms with Crippen LogP contribution in [0.4, 0.5) is 17.1 Å².